The van der Waals surface area contributed by atoms with Crippen molar-refractivity contribution in [2.75, 3.05) is 11.9 Å². The monoisotopic (exact) mass is 347 g/mol. The van der Waals surface area contributed by atoms with E-state index in [-0.39, 0.29) is 5.91 Å². The van der Waals surface area contributed by atoms with Gasteiger partial charge in [0.2, 0.25) is 5.95 Å². The largest absolute Gasteiger partial charge is 0.293 e. The Morgan fingerprint density at radius 3 is 3.04 bits per heavy atom. The molecule has 3 heterocycles. The van der Waals surface area contributed by atoms with E-state index in [1.54, 1.807) is 22.3 Å². The first-order valence-corrected chi connectivity index (χ1v) is 9.46. The third kappa shape index (κ3) is 3.67. The Morgan fingerprint density at radius 1 is 1.46 bits per heavy atom. The third-order valence-electron chi connectivity index (χ3n) is 4.35. The first kappa shape index (κ1) is 17.1. The number of rotatable bonds is 6. The molecule has 2 aromatic heterocycles. The van der Waals surface area contributed by atoms with Crippen LogP contribution in [0.25, 0.3) is 0 Å². The summed E-state index contributed by atoms with van der Waals surface area (Å²) in [5.74, 6) is 0.239. The van der Waals surface area contributed by atoms with Gasteiger partial charge < -0.3 is 0 Å². The molecule has 2 aromatic rings. The maximum Gasteiger partial charge on any atom is 0.268 e. The number of aromatic nitrogens is 3. The molecule has 1 fully saturated rings. The predicted molar refractivity (Wildman–Crippen MR) is 96.4 cm³/mol. The number of aryl methyl sites for hydroxylation is 1. The maximum absolute atomic E-state index is 12.4. The van der Waals surface area contributed by atoms with Gasteiger partial charge in [-0.3, -0.25) is 19.7 Å². The zero-order chi connectivity index (χ0) is 17.1. The SMILES string of the molecule is CCCn1cnc(NC(=O)c2ccc([C@@H]3CCCN3C(C)C)s2)n1. The molecule has 3 rings (SSSR count). The van der Waals surface area contributed by atoms with Crippen molar-refractivity contribution >= 4 is 23.2 Å². The van der Waals surface area contributed by atoms with E-state index in [1.807, 2.05) is 6.07 Å². The van der Waals surface area contributed by atoms with Crippen molar-refractivity contribution in [1.29, 1.82) is 0 Å². The number of hydrogen-bond donors (Lipinski definition) is 1. The number of hydrogen-bond acceptors (Lipinski definition) is 5. The molecule has 1 atom stereocenters. The summed E-state index contributed by atoms with van der Waals surface area (Å²) in [6.45, 7) is 8.49. The molecule has 7 heteroatoms. The molecule has 1 aliphatic heterocycles. The molecular weight excluding hydrogens is 322 g/mol. The van der Waals surface area contributed by atoms with E-state index in [4.69, 9.17) is 0 Å². The molecular formula is C17H25N5OS. The van der Waals surface area contributed by atoms with Crippen molar-refractivity contribution in [3.8, 4) is 0 Å². The van der Waals surface area contributed by atoms with Crippen LogP contribution in [0.1, 0.15) is 60.6 Å². The molecule has 0 saturated carbocycles. The Morgan fingerprint density at radius 2 is 2.29 bits per heavy atom. The van der Waals surface area contributed by atoms with Crippen LogP contribution in [0.15, 0.2) is 18.5 Å². The Hall–Kier alpha value is -1.73. The summed E-state index contributed by atoms with van der Waals surface area (Å²) in [7, 11) is 0. The van der Waals surface area contributed by atoms with Crippen LogP contribution in [-0.4, -0.2) is 38.2 Å². The molecule has 1 aliphatic rings. The van der Waals surface area contributed by atoms with Gasteiger partial charge in [0, 0.05) is 23.5 Å². The van der Waals surface area contributed by atoms with Gasteiger partial charge in [0.25, 0.3) is 5.91 Å². The van der Waals surface area contributed by atoms with Crippen LogP contribution in [-0.2, 0) is 6.54 Å². The zero-order valence-corrected chi connectivity index (χ0v) is 15.3. The Kier molecular flexibility index (Phi) is 5.30. The fraction of sp³-hybridized carbons (Fsp3) is 0.588. The Balaban J connectivity index is 1.67. The molecule has 0 aromatic carbocycles. The van der Waals surface area contributed by atoms with Crippen LogP contribution in [0.5, 0.6) is 0 Å². The van der Waals surface area contributed by atoms with Crippen LogP contribution >= 0.6 is 11.3 Å². The quantitative estimate of drug-likeness (QED) is 0.868. The molecule has 0 radical (unpaired) electrons. The number of nitrogens with zero attached hydrogens (tertiary/aromatic N) is 4. The van der Waals surface area contributed by atoms with Crippen molar-refractivity contribution in [2.24, 2.45) is 0 Å². The van der Waals surface area contributed by atoms with Crippen LogP contribution in [0.4, 0.5) is 5.95 Å². The lowest BCUT2D eigenvalue weighted by atomic mass is 10.1. The molecule has 6 nitrogen and oxygen atoms in total. The lowest BCUT2D eigenvalue weighted by molar-refractivity contribution is 0.102. The van der Waals surface area contributed by atoms with E-state index in [9.17, 15) is 4.79 Å². The van der Waals surface area contributed by atoms with Crippen molar-refractivity contribution in [3.63, 3.8) is 0 Å². The number of carbonyl (C=O) groups is 1. The topological polar surface area (TPSA) is 63.1 Å². The van der Waals surface area contributed by atoms with Crippen LogP contribution in [0.2, 0.25) is 0 Å². The number of nitrogens with one attached hydrogen (secondary N) is 1. The standard InChI is InChI=1S/C17H25N5OS/c1-4-9-21-11-18-17(20-21)19-16(23)15-8-7-14(24-15)13-6-5-10-22(13)12(2)3/h7-8,11-13H,4-6,9-10H2,1-3H3,(H,19,20,23)/t13-/m0/s1. The van der Waals surface area contributed by atoms with E-state index in [1.165, 1.54) is 17.7 Å². The Bertz CT molecular complexity index is 693. The van der Waals surface area contributed by atoms with Crippen LogP contribution in [0, 0.1) is 0 Å². The van der Waals surface area contributed by atoms with Crippen LogP contribution < -0.4 is 5.32 Å². The van der Waals surface area contributed by atoms with Crippen molar-refractivity contribution in [3.05, 3.63) is 28.2 Å². The summed E-state index contributed by atoms with van der Waals surface area (Å²) in [5.41, 5.74) is 0. The van der Waals surface area contributed by atoms with E-state index in [0.717, 1.165) is 19.5 Å². The fourth-order valence-corrected chi connectivity index (χ4v) is 4.28. The molecule has 130 valence electrons. The molecule has 24 heavy (non-hydrogen) atoms. The molecule has 0 bridgehead atoms. The minimum Gasteiger partial charge on any atom is -0.293 e. The third-order valence-corrected chi connectivity index (χ3v) is 5.54. The predicted octanol–water partition coefficient (Wildman–Crippen LogP) is 3.55. The normalized spacial score (nSPS) is 18.4. The van der Waals surface area contributed by atoms with Gasteiger partial charge in [0.15, 0.2) is 0 Å². The van der Waals surface area contributed by atoms with Crippen molar-refractivity contribution in [2.45, 2.75) is 58.7 Å². The number of anilines is 1. The average Bonchev–Trinajstić information content (AvgIpc) is 3.27. The highest BCUT2D eigenvalue weighted by Crippen LogP contribution is 2.37. The lowest BCUT2D eigenvalue weighted by Crippen LogP contribution is -2.29. The van der Waals surface area contributed by atoms with Gasteiger partial charge in [-0.05, 0) is 51.8 Å². The highest BCUT2D eigenvalue weighted by atomic mass is 32.1. The van der Waals surface area contributed by atoms with Gasteiger partial charge in [0.1, 0.15) is 6.33 Å². The Labute approximate surface area is 146 Å². The molecule has 1 N–H and O–H groups in total. The second-order valence-electron chi connectivity index (χ2n) is 6.48. The lowest BCUT2D eigenvalue weighted by Gasteiger charge is -2.27. The summed E-state index contributed by atoms with van der Waals surface area (Å²) in [6, 6.07) is 4.98. The van der Waals surface area contributed by atoms with Gasteiger partial charge >= 0.3 is 0 Å². The minimum atomic E-state index is -0.130. The summed E-state index contributed by atoms with van der Waals surface area (Å²) in [4.78, 5) is 21.1. The number of thiophene rings is 1. The summed E-state index contributed by atoms with van der Waals surface area (Å²) < 4.78 is 1.74. The van der Waals surface area contributed by atoms with E-state index in [0.29, 0.717) is 22.9 Å². The second-order valence-corrected chi connectivity index (χ2v) is 7.59. The van der Waals surface area contributed by atoms with E-state index in [2.05, 4.69) is 47.1 Å². The average molecular weight is 347 g/mol. The smallest absolute Gasteiger partial charge is 0.268 e. The first-order valence-electron chi connectivity index (χ1n) is 8.64. The minimum absolute atomic E-state index is 0.130. The first-order chi connectivity index (χ1) is 11.6. The van der Waals surface area contributed by atoms with Crippen LogP contribution in [0.3, 0.4) is 0 Å². The second kappa shape index (κ2) is 7.44. The zero-order valence-electron chi connectivity index (χ0n) is 14.5. The molecule has 0 aliphatic carbocycles. The number of amides is 1. The van der Waals surface area contributed by atoms with Gasteiger partial charge in [0.05, 0.1) is 4.88 Å². The summed E-state index contributed by atoms with van der Waals surface area (Å²) in [5, 5.41) is 7.04. The summed E-state index contributed by atoms with van der Waals surface area (Å²) in [6.07, 6.45) is 5.03. The van der Waals surface area contributed by atoms with Gasteiger partial charge in [-0.25, -0.2) is 4.98 Å². The van der Waals surface area contributed by atoms with E-state index >= 15 is 0 Å². The van der Waals surface area contributed by atoms with E-state index < -0.39 is 0 Å². The highest BCUT2D eigenvalue weighted by Gasteiger charge is 2.29. The molecule has 1 saturated heterocycles. The van der Waals surface area contributed by atoms with Gasteiger partial charge in [-0.2, -0.15) is 0 Å². The number of likely N-dealkylation sites (tertiary alicyclic amines) is 1. The maximum atomic E-state index is 12.4. The van der Waals surface area contributed by atoms with Crippen molar-refractivity contribution < 1.29 is 4.79 Å². The molecule has 0 spiro atoms. The highest BCUT2D eigenvalue weighted by molar-refractivity contribution is 7.14. The molecule has 1 amide bonds. The van der Waals surface area contributed by atoms with Gasteiger partial charge in [-0.15, -0.1) is 16.4 Å². The molecule has 0 unspecified atom stereocenters. The summed E-state index contributed by atoms with van der Waals surface area (Å²) >= 11 is 1.58. The van der Waals surface area contributed by atoms with Gasteiger partial charge in [-0.1, -0.05) is 6.92 Å². The fourth-order valence-electron chi connectivity index (χ4n) is 3.22. The number of carbonyl (C=O) groups excluding carboxylic acids is 1. The van der Waals surface area contributed by atoms with Crippen molar-refractivity contribution in [1.82, 2.24) is 19.7 Å².